The second-order valence-electron chi connectivity index (χ2n) is 7.72. The number of aryl methyl sites for hydroxylation is 1. The lowest BCUT2D eigenvalue weighted by atomic mass is 10.1. The molecule has 0 aliphatic heterocycles. The first kappa shape index (κ1) is 26.0. The van der Waals surface area contributed by atoms with E-state index in [1.807, 2.05) is 12.1 Å². The summed E-state index contributed by atoms with van der Waals surface area (Å²) in [5, 5.41) is 17.2. The fraction of sp³-hybridized carbons (Fsp3) is 0.440. The molecule has 2 rings (SSSR count). The Balaban J connectivity index is 1.68. The minimum Gasteiger partial charge on any atom is -0.490 e. The van der Waals surface area contributed by atoms with E-state index in [1.165, 1.54) is 31.2 Å². The molecule has 0 heterocycles. The number of carboxylic acid groups (broad SMARTS) is 1. The zero-order chi connectivity index (χ0) is 23.9. The van der Waals surface area contributed by atoms with Gasteiger partial charge in [0.05, 0.1) is 11.4 Å². The normalized spacial score (nSPS) is 11.9. The lowest BCUT2D eigenvalue weighted by Gasteiger charge is -2.08. The van der Waals surface area contributed by atoms with Crippen LogP contribution in [0, 0.1) is 0 Å². The number of hydrogen-bond donors (Lipinski definition) is 2. The summed E-state index contributed by atoms with van der Waals surface area (Å²) in [5.41, 5.74) is 8.17. The predicted octanol–water partition coefficient (Wildman–Crippen LogP) is 5.34. The van der Waals surface area contributed by atoms with Crippen molar-refractivity contribution >= 4 is 23.3 Å². The average Bonchev–Trinajstić information content (AvgIpc) is 2.83. The molecular weight excluding hydrogens is 422 g/mol. The van der Waals surface area contributed by atoms with Crippen LogP contribution in [0.4, 0.5) is 11.4 Å². The van der Waals surface area contributed by atoms with Gasteiger partial charge in [0.25, 0.3) is 0 Å². The Labute approximate surface area is 194 Å². The molecule has 0 unspecified atom stereocenters. The number of esters is 1. The second-order valence-corrected chi connectivity index (χ2v) is 7.72. The minimum absolute atomic E-state index is 0.0359. The van der Waals surface area contributed by atoms with Gasteiger partial charge < -0.3 is 20.3 Å². The number of hydrogen-bond acceptors (Lipinski definition) is 7. The summed E-state index contributed by atoms with van der Waals surface area (Å²) in [4.78, 5) is 22.2. The second kappa shape index (κ2) is 14.7. The van der Waals surface area contributed by atoms with E-state index in [2.05, 4.69) is 29.3 Å². The van der Waals surface area contributed by atoms with Crippen molar-refractivity contribution in [3.8, 4) is 5.75 Å². The highest BCUT2D eigenvalue weighted by molar-refractivity contribution is 5.75. The maximum Gasteiger partial charge on any atom is 0.320 e. The molecule has 8 nitrogen and oxygen atoms in total. The third-order valence-electron chi connectivity index (χ3n) is 4.96. The standard InChI is InChI=1S/C25H33N3O5/c1-2-3-4-5-6-19-7-9-20(10-8-19)27-28-21-11-13-22(14-12-21)32-17-18-33-24(29)16-15-23(26)25(30)31/h7-14,23H,2-6,15-18,26H2,1H3,(H,30,31)/t23-/m0/s1. The lowest BCUT2D eigenvalue weighted by Crippen LogP contribution is -2.30. The van der Waals surface area contributed by atoms with E-state index in [1.54, 1.807) is 24.3 Å². The molecule has 3 N–H and O–H groups in total. The van der Waals surface area contributed by atoms with Crippen LogP contribution in [0.25, 0.3) is 0 Å². The zero-order valence-corrected chi connectivity index (χ0v) is 19.1. The molecule has 0 amide bonds. The van der Waals surface area contributed by atoms with Crippen molar-refractivity contribution in [2.75, 3.05) is 13.2 Å². The maximum absolute atomic E-state index is 11.6. The molecule has 0 aliphatic rings. The van der Waals surface area contributed by atoms with Gasteiger partial charge in [0.2, 0.25) is 0 Å². The molecule has 178 valence electrons. The number of azo groups is 1. The van der Waals surface area contributed by atoms with Crippen molar-refractivity contribution in [3.05, 3.63) is 54.1 Å². The molecule has 33 heavy (non-hydrogen) atoms. The van der Waals surface area contributed by atoms with Crippen molar-refractivity contribution in [2.24, 2.45) is 16.0 Å². The topological polar surface area (TPSA) is 124 Å². The summed E-state index contributed by atoms with van der Waals surface area (Å²) in [6.45, 7) is 2.47. The largest absolute Gasteiger partial charge is 0.490 e. The predicted molar refractivity (Wildman–Crippen MR) is 126 cm³/mol. The summed E-state index contributed by atoms with van der Waals surface area (Å²) in [6.07, 6.45) is 6.10. The first-order chi connectivity index (χ1) is 16.0. The molecule has 0 aromatic heterocycles. The van der Waals surface area contributed by atoms with Crippen molar-refractivity contribution in [2.45, 2.75) is 57.9 Å². The minimum atomic E-state index is -1.14. The highest BCUT2D eigenvalue weighted by atomic mass is 16.6. The van der Waals surface area contributed by atoms with E-state index in [-0.39, 0.29) is 26.1 Å². The highest BCUT2D eigenvalue weighted by Crippen LogP contribution is 2.22. The molecule has 8 heteroatoms. The molecule has 0 aliphatic carbocycles. The number of nitrogens with zero attached hydrogens (tertiary/aromatic N) is 2. The van der Waals surface area contributed by atoms with E-state index in [4.69, 9.17) is 20.3 Å². The molecule has 0 bridgehead atoms. The van der Waals surface area contributed by atoms with Crippen LogP contribution in [0.3, 0.4) is 0 Å². The third kappa shape index (κ3) is 10.7. The molecule has 2 aromatic rings. The smallest absolute Gasteiger partial charge is 0.320 e. The molecule has 0 spiro atoms. The number of carboxylic acids is 1. The SMILES string of the molecule is CCCCCCc1ccc(N=Nc2ccc(OCCOC(=O)CC[C@H](N)C(=O)O)cc2)cc1. The fourth-order valence-corrected chi connectivity index (χ4v) is 2.99. The van der Waals surface area contributed by atoms with Crippen molar-refractivity contribution in [1.82, 2.24) is 0 Å². The van der Waals surface area contributed by atoms with Crippen molar-refractivity contribution in [1.29, 1.82) is 0 Å². The van der Waals surface area contributed by atoms with E-state index in [0.29, 0.717) is 11.4 Å². The summed E-state index contributed by atoms with van der Waals surface area (Å²) in [5.74, 6) is -1.03. The number of carbonyl (C=O) groups is 2. The summed E-state index contributed by atoms with van der Waals surface area (Å²) < 4.78 is 10.5. The maximum atomic E-state index is 11.6. The van der Waals surface area contributed by atoms with Crippen molar-refractivity contribution < 1.29 is 24.2 Å². The van der Waals surface area contributed by atoms with Gasteiger partial charge in [0.15, 0.2) is 0 Å². The monoisotopic (exact) mass is 455 g/mol. The third-order valence-corrected chi connectivity index (χ3v) is 4.96. The molecule has 2 aromatic carbocycles. The molecular formula is C25H33N3O5. The Bertz CT molecular complexity index is 882. The molecule has 0 saturated heterocycles. The molecule has 0 radical (unpaired) electrons. The van der Waals surface area contributed by atoms with Crippen LogP contribution < -0.4 is 10.5 Å². The van der Waals surface area contributed by atoms with Gasteiger partial charge in [-0.1, -0.05) is 38.3 Å². The summed E-state index contributed by atoms with van der Waals surface area (Å²) in [6, 6.07) is 14.2. The van der Waals surface area contributed by atoms with E-state index in [9.17, 15) is 9.59 Å². The van der Waals surface area contributed by atoms with Crippen molar-refractivity contribution in [3.63, 3.8) is 0 Å². The Morgan fingerprint density at radius 2 is 1.58 bits per heavy atom. The average molecular weight is 456 g/mol. The van der Waals surface area contributed by atoms with Gasteiger partial charge in [-0.3, -0.25) is 9.59 Å². The molecule has 0 fully saturated rings. The zero-order valence-electron chi connectivity index (χ0n) is 19.1. The molecule has 1 atom stereocenters. The van der Waals surface area contributed by atoms with Crippen LogP contribution in [0.1, 0.15) is 51.0 Å². The van der Waals surface area contributed by atoms with Gasteiger partial charge in [-0.15, -0.1) is 0 Å². The summed E-state index contributed by atoms with van der Waals surface area (Å²) >= 11 is 0. The number of unbranched alkanes of at least 4 members (excludes halogenated alkanes) is 3. The van der Waals surface area contributed by atoms with Crippen LogP contribution in [0.2, 0.25) is 0 Å². The first-order valence-corrected chi connectivity index (χ1v) is 11.4. The van der Waals surface area contributed by atoms with Crippen LogP contribution in [-0.4, -0.2) is 36.3 Å². The van der Waals surface area contributed by atoms with Crippen LogP contribution in [0.15, 0.2) is 58.8 Å². The quantitative estimate of drug-likeness (QED) is 0.212. The lowest BCUT2D eigenvalue weighted by molar-refractivity contribution is -0.145. The Kier molecular flexibility index (Phi) is 11.6. The van der Waals surface area contributed by atoms with E-state index in [0.717, 1.165) is 12.1 Å². The van der Waals surface area contributed by atoms with E-state index >= 15 is 0 Å². The van der Waals surface area contributed by atoms with Crippen LogP contribution in [0.5, 0.6) is 5.75 Å². The van der Waals surface area contributed by atoms with Gasteiger partial charge in [-0.05, 0) is 61.2 Å². The first-order valence-electron chi connectivity index (χ1n) is 11.4. The van der Waals surface area contributed by atoms with Gasteiger partial charge in [-0.2, -0.15) is 10.2 Å². The highest BCUT2D eigenvalue weighted by Gasteiger charge is 2.14. The van der Waals surface area contributed by atoms with Crippen LogP contribution >= 0.6 is 0 Å². The van der Waals surface area contributed by atoms with Gasteiger partial charge >= 0.3 is 11.9 Å². The number of rotatable bonds is 15. The number of carbonyl (C=O) groups excluding carboxylic acids is 1. The number of benzene rings is 2. The van der Waals surface area contributed by atoms with Gasteiger partial charge in [-0.25, -0.2) is 0 Å². The van der Waals surface area contributed by atoms with Gasteiger partial charge in [0.1, 0.15) is 25.0 Å². The van der Waals surface area contributed by atoms with E-state index < -0.39 is 18.0 Å². The number of nitrogens with two attached hydrogens (primary N) is 1. The Hall–Kier alpha value is -3.26. The fourth-order valence-electron chi connectivity index (χ4n) is 2.99. The number of ether oxygens (including phenoxy) is 2. The summed E-state index contributed by atoms with van der Waals surface area (Å²) in [7, 11) is 0. The van der Waals surface area contributed by atoms with Gasteiger partial charge in [0, 0.05) is 6.42 Å². The van der Waals surface area contributed by atoms with Crippen LogP contribution in [-0.2, 0) is 20.7 Å². The Morgan fingerprint density at radius 1 is 0.939 bits per heavy atom. The number of aliphatic carboxylic acids is 1. The Morgan fingerprint density at radius 3 is 2.18 bits per heavy atom. The molecule has 0 saturated carbocycles.